The molecule has 0 saturated carbocycles. The molecule has 1 rings (SSSR count). The Bertz CT molecular complexity index is 317. The van der Waals surface area contributed by atoms with Crippen LogP contribution in [0.25, 0.3) is 0 Å². The van der Waals surface area contributed by atoms with Crippen molar-refractivity contribution < 1.29 is 0 Å². The van der Waals surface area contributed by atoms with Gasteiger partial charge < -0.3 is 5.32 Å². The molecular formula is C12H15N. The smallest absolute Gasteiger partial charge is 0.0343 e. The number of benzene rings is 1. The molecule has 1 aromatic carbocycles. The normalized spacial score (nSPS) is 8.77. The Labute approximate surface area is 80.2 Å². The fourth-order valence-electron chi connectivity index (χ4n) is 1.15. The molecule has 0 heterocycles. The molecule has 0 atom stereocenters. The van der Waals surface area contributed by atoms with E-state index in [0.717, 1.165) is 13.0 Å². The molecule has 0 aliphatic heterocycles. The average Bonchev–Trinajstić information content (AvgIpc) is 2.13. The van der Waals surface area contributed by atoms with Crippen LogP contribution in [-0.4, -0.2) is 6.54 Å². The molecule has 0 saturated heterocycles. The lowest BCUT2D eigenvalue weighted by Crippen LogP contribution is -1.99. The van der Waals surface area contributed by atoms with Crippen LogP contribution in [0.15, 0.2) is 24.3 Å². The number of hydrogen-bond acceptors (Lipinski definition) is 1. The summed E-state index contributed by atoms with van der Waals surface area (Å²) < 4.78 is 0. The molecule has 1 heteroatoms. The van der Waals surface area contributed by atoms with Gasteiger partial charge in [-0.15, -0.1) is 11.8 Å². The van der Waals surface area contributed by atoms with Gasteiger partial charge in [-0.1, -0.05) is 12.1 Å². The van der Waals surface area contributed by atoms with Crippen LogP contribution in [0, 0.1) is 18.8 Å². The van der Waals surface area contributed by atoms with Gasteiger partial charge in [0.05, 0.1) is 0 Å². The van der Waals surface area contributed by atoms with E-state index in [1.54, 1.807) is 0 Å². The Hall–Kier alpha value is -1.42. The van der Waals surface area contributed by atoms with E-state index in [1.165, 1.54) is 11.3 Å². The summed E-state index contributed by atoms with van der Waals surface area (Å²) in [6.45, 7) is 4.88. The van der Waals surface area contributed by atoms with Crippen molar-refractivity contribution >= 4 is 5.69 Å². The summed E-state index contributed by atoms with van der Waals surface area (Å²) in [6, 6.07) is 8.37. The summed E-state index contributed by atoms with van der Waals surface area (Å²) in [5.74, 6) is 5.90. The maximum Gasteiger partial charge on any atom is 0.0343 e. The lowest BCUT2D eigenvalue weighted by molar-refractivity contribution is 1.09. The summed E-state index contributed by atoms with van der Waals surface area (Å²) in [6.07, 6.45) is 0.907. The van der Waals surface area contributed by atoms with Crippen LogP contribution in [0.5, 0.6) is 0 Å². The molecule has 0 aromatic heterocycles. The molecule has 13 heavy (non-hydrogen) atoms. The highest BCUT2D eigenvalue weighted by Crippen LogP contribution is 2.08. The molecule has 0 amide bonds. The van der Waals surface area contributed by atoms with Crippen molar-refractivity contribution in [2.75, 3.05) is 11.9 Å². The minimum atomic E-state index is 0.907. The molecule has 0 bridgehead atoms. The first-order valence-electron chi connectivity index (χ1n) is 4.53. The molecule has 0 spiro atoms. The van der Waals surface area contributed by atoms with Crippen LogP contribution in [0.4, 0.5) is 5.69 Å². The zero-order valence-electron chi connectivity index (χ0n) is 8.22. The van der Waals surface area contributed by atoms with Crippen molar-refractivity contribution in [3.63, 3.8) is 0 Å². The van der Waals surface area contributed by atoms with Crippen molar-refractivity contribution in [2.45, 2.75) is 20.3 Å². The molecule has 0 fully saturated rings. The maximum absolute atomic E-state index is 3.32. The van der Waals surface area contributed by atoms with Gasteiger partial charge in [-0.3, -0.25) is 0 Å². The second-order valence-electron chi connectivity index (χ2n) is 2.97. The van der Waals surface area contributed by atoms with Gasteiger partial charge in [-0.2, -0.15) is 0 Å². The Morgan fingerprint density at radius 1 is 1.38 bits per heavy atom. The number of anilines is 1. The first kappa shape index (κ1) is 9.67. The summed E-state index contributed by atoms with van der Waals surface area (Å²) in [5, 5.41) is 3.32. The van der Waals surface area contributed by atoms with Gasteiger partial charge in [-0.05, 0) is 31.5 Å². The minimum absolute atomic E-state index is 0.907. The third-order valence-electron chi connectivity index (χ3n) is 1.77. The molecule has 0 aliphatic carbocycles. The topological polar surface area (TPSA) is 12.0 Å². The van der Waals surface area contributed by atoms with Crippen LogP contribution >= 0.6 is 0 Å². The van der Waals surface area contributed by atoms with Crippen molar-refractivity contribution in [3.05, 3.63) is 29.8 Å². The maximum atomic E-state index is 3.32. The van der Waals surface area contributed by atoms with E-state index in [9.17, 15) is 0 Å². The number of hydrogen-bond donors (Lipinski definition) is 1. The van der Waals surface area contributed by atoms with Crippen molar-refractivity contribution in [1.82, 2.24) is 0 Å². The van der Waals surface area contributed by atoms with Gasteiger partial charge in [0, 0.05) is 18.7 Å². The van der Waals surface area contributed by atoms with E-state index in [4.69, 9.17) is 0 Å². The molecule has 68 valence electrons. The Morgan fingerprint density at radius 3 is 2.92 bits per heavy atom. The first-order valence-corrected chi connectivity index (χ1v) is 4.53. The van der Waals surface area contributed by atoms with Gasteiger partial charge in [0.25, 0.3) is 0 Å². The van der Waals surface area contributed by atoms with Gasteiger partial charge in [0.1, 0.15) is 0 Å². The van der Waals surface area contributed by atoms with E-state index in [0.29, 0.717) is 0 Å². The SMILES string of the molecule is CC#CCCNc1cccc(C)c1. The van der Waals surface area contributed by atoms with Crippen LogP contribution in [0.1, 0.15) is 18.9 Å². The molecule has 0 aliphatic rings. The summed E-state index contributed by atoms with van der Waals surface area (Å²) in [4.78, 5) is 0. The van der Waals surface area contributed by atoms with Gasteiger partial charge in [0.2, 0.25) is 0 Å². The monoisotopic (exact) mass is 173 g/mol. The number of nitrogens with one attached hydrogen (secondary N) is 1. The van der Waals surface area contributed by atoms with Gasteiger partial charge in [-0.25, -0.2) is 0 Å². The molecule has 0 unspecified atom stereocenters. The summed E-state index contributed by atoms with van der Waals surface area (Å²) >= 11 is 0. The largest absolute Gasteiger partial charge is 0.384 e. The van der Waals surface area contributed by atoms with E-state index in [2.05, 4.69) is 48.3 Å². The van der Waals surface area contributed by atoms with E-state index < -0.39 is 0 Å². The molecular weight excluding hydrogens is 158 g/mol. The predicted molar refractivity (Wildman–Crippen MR) is 57.7 cm³/mol. The predicted octanol–water partition coefficient (Wildman–Crippen LogP) is 2.82. The fourth-order valence-corrected chi connectivity index (χ4v) is 1.15. The highest BCUT2D eigenvalue weighted by Gasteiger charge is 1.89. The van der Waals surface area contributed by atoms with Crippen molar-refractivity contribution in [1.29, 1.82) is 0 Å². The lowest BCUT2D eigenvalue weighted by Gasteiger charge is -2.03. The van der Waals surface area contributed by atoms with Crippen LogP contribution in [-0.2, 0) is 0 Å². The standard InChI is InChI=1S/C12H15N/c1-3-4-5-9-13-12-8-6-7-11(2)10-12/h6-8,10,13H,5,9H2,1-2H3. The molecule has 1 nitrogen and oxygen atoms in total. The highest BCUT2D eigenvalue weighted by molar-refractivity contribution is 5.45. The van der Waals surface area contributed by atoms with E-state index in [-0.39, 0.29) is 0 Å². The lowest BCUT2D eigenvalue weighted by atomic mass is 10.2. The van der Waals surface area contributed by atoms with Crippen LogP contribution in [0.3, 0.4) is 0 Å². The van der Waals surface area contributed by atoms with E-state index in [1.807, 2.05) is 6.92 Å². The second-order valence-corrected chi connectivity index (χ2v) is 2.97. The first-order chi connectivity index (χ1) is 6.33. The van der Waals surface area contributed by atoms with Crippen molar-refractivity contribution in [2.24, 2.45) is 0 Å². The quantitative estimate of drug-likeness (QED) is 0.547. The number of aryl methyl sites for hydroxylation is 1. The Kier molecular flexibility index (Phi) is 3.92. The van der Waals surface area contributed by atoms with Crippen LogP contribution < -0.4 is 5.32 Å². The third-order valence-corrected chi connectivity index (χ3v) is 1.77. The van der Waals surface area contributed by atoms with Gasteiger partial charge >= 0.3 is 0 Å². The Balaban J connectivity index is 2.39. The minimum Gasteiger partial charge on any atom is -0.384 e. The highest BCUT2D eigenvalue weighted by atomic mass is 14.9. The molecule has 1 aromatic rings. The Morgan fingerprint density at radius 2 is 2.23 bits per heavy atom. The second kappa shape index (κ2) is 5.27. The van der Waals surface area contributed by atoms with E-state index >= 15 is 0 Å². The van der Waals surface area contributed by atoms with Crippen LogP contribution in [0.2, 0.25) is 0 Å². The zero-order chi connectivity index (χ0) is 9.52. The summed E-state index contributed by atoms with van der Waals surface area (Å²) in [7, 11) is 0. The van der Waals surface area contributed by atoms with Gasteiger partial charge in [0.15, 0.2) is 0 Å². The third kappa shape index (κ3) is 3.66. The van der Waals surface area contributed by atoms with Crippen molar-refractivity contribution in [3.8, 4) is 11.8 Å². The number of rotatable bonds is 3. The summed E-state index contributed by atoms with van der Waals surface area (Å²) in [5.41, 5.74) is 2.46. The molecule has 1 N–H and O–H groups in total. The average molecular weight is 173 g/mol. The fraction of sp³-hybridized carbons (Fsp3) is 0.333. The zero-order valence-corrected chi connectivity index (χ0v) is 8.22. The molecule has 0 radical (unpaired) electrons.